The minimum atomic E-state index is -0.315. The zero-order valence-electron chi connectivity index (χ0n) is 13.9. The number of hydrogen-bond donors (Lipinski definition) is 1. The lowest BCUT2D eigenvalue weighted by Crippen LogP contribution is -2.27. The van der Waals surface area contributed by atoms with Crippen molar-refractivity contribution in [2.45, 2.75) is 26.2 Å². The van der Waals surface area contributed by atoms with Crippen LogP contribution in [0.1, 0.15) is 30.9 Å². The fourth-order valence-electron chi connectivity index (χ4n) is 2.60. The van der Waals surface area contributed by atoms with E-state index in [0.717, 1.165) is 36.6 Å². The average molecular weight is 353 g/mol. The third-order valence-electron chi connectivity index (χ3n) is 4.00. The molecule has 1 aliphatic heterocycles. The van der Waals surface area contributed by atoms with Crippen LogP contribution in [0.3, 0.4) is 0 Å². The molecule has 0 spiro atoms. The number of aryl methyl sites for hydroxylation is 1. The summed E-state index contributed by atoms with van der Waals surface area (Å²) in [6.07, 6.45) is 4.92. The molecular formula is C20H19NO3S. The van der Waals surface area contributed by atoms with Crippen LogP contribution < -0.4 is 4.90 Å². The molecule has 1 N–H and O–H groups in total. The number of benzene rings is 2. The molecule has 0 unspecified atom stereocenters. The zero-order valence-corrected chi connectivity index (χ0v) is 14.8. The minimum absolute atomic E-state index is 0.161. The van der Waals surface area contributed by atoms with Gasteiger partial charge < -0.3 is 5.11 Å². The molecule has 1 heterocycles. The third kappa shape index (κ3) is 3.94. The minimum Gasteiger partial charge on any atom is -0.508 e. The van der Waals surface area contributed by atoms with Crippen LogP contribution in [0, 0.1) is 0 Å². The van der Waals surface area contributed by atoms with Gasteiger partial charge in [-0.05, 0) is 66.1 Å². The molecule has 4 nitrogen and oxygen atoms in total. The summed E-state index contributed by atoms with van der Waals surface area (Å²) in [5, 5.41) is 9.03. The van der Waals surface area contributed by atoms with Crippen LogP contribution in [0.4, 0.5) is 10.5 Å². The lowest BCUT2D eigenvalue weighted by atomic mass is 10.1. The summed E-state index contributed by atoms with van der Waals surface area (Å²) in [6.45, 7) is 2.15. The molecule has 0 atom stereocenters. The zero-order chi connectivity index (χ0) is 17.8. The number of carbonyl (C=O) groups excluding carboxylic acids is 2. The number of unbranched alkanes of at least 4 members (excludes halogenated alkanes) is 1. The van der Waals surface area contributed by atoms with Gasteiger partial charge in [-0.2, -0.15) is 0 Å². The molecule has 2 aromatic carbocycles. The molecule has 1 aliphatic rings. The van der Waals surface area contributed by atoms with E-state index in [1.165, 1.54) is 10.5 Å². The molecule has 2 aromatic rings. The first kappa shape index (κ1) is 17.3. The molecule has 0 aliphatic carbocycles. The van der Waals surface area contributed by atoms with Crippen molar-refractivity contribution < 1.29 is 14.7 Å². The molecule has 0 saturated carbocycles. The Morgan fingerprint density at radius 2 is 1.72 bits per heavy atom. The highest BCUT2D eigenvalue weighted by Crippen LogP contribution is 2.35. The SMILES string of the molecule is CCCCc1ccc(N2C(=O)S/C(=C\c3ccc(O)cc3)C2=O)cc1. The summed E-state index contributed by atoms with van der Waals surface area (Å²) in [7, 11) is 0. The van der Waals surface area contributed by atoms with Crippen LogP contribution in [0.15, 0.2) is 53.4 Å². The molecule has 3 rings (SSSR count). The van der Waals surface area contributed by atoms with Crippen LogP contribution in [-0.4, -0.2) is 16.3 Å². The fourth-order valence-corrected chi connectivity index (χ4v) is 3.45. The lowest BCUT2D eigenvalue weighted by Gasteiger charge is -2.13. The highest BCUT2D eigenvalue weighted by atomic mass is 32.2. The van der Waals surface area contributed by atoms with Gasteiger partial charge in [-0.25, -0.2) is 4.90 Å². The van der Waals surface area contributed by atoms with Crippen LogP contribution in [0.2, 0.25) is 0 Å². The van der Waals surface area contributed by atoms with Gasteiger partial charge in [0.15, 0.2) is 0 Å². The molecule has 0 radical (unpaired) electrons. The second-order valence-electron chi connectivity index (χ2n) is 5.88. The van der Waals surface area contributed by atoms with E-state index in [-0.39, 0.29) is 16.9 Å². The van der Waals surface area contributed by atoms with E-state index >= 15 is 0 Å². The van der Waals surface area contributed by atoms with E-state index in [0.29, 0.717) is 10.6 Å². The molecule has 0 bridgehead atoms. The van der Waals surface area contributed by atoms with Gasteiger partial charge in [-0.1, -0.05) is 37.6 Å². The Morgan fingerprint density at radius 3 is 2.36 bits per heavy atom. The molecule has 1 fully saturated rings. The summed E-state index contributed by atoms with van der Waals surface area (Å²) in [6, 6.07) is 14.1. The normalized spacial score (nSPS) is 16.0. The molecule has 25 heavy (non-hydrogen) atoms. The molecule has 0 aromatic heterocycles. The number of hydrogen-bond acceptors (Lipinski definition) is 4. The number of aromatic hydroxyl groups is 1. The summed E-state index contributed by atoms with van der Waals surface area (Å²) in [4.78, 5) is 26.5. The van der Waals surface area contributed by atoms with Crippen molar-refractivity contribution in [3.05, 3.63) is 64.6 Å². The second-order valence-corrected chi connectivity index (χ2v) is 6.87. The maximum Gasteiger partial charge on any atom is 0.298 e. The van der Waals surface area contributed by atoms with Crippen molar-refractivity contribution in [2.75, 3.05) is 4.90 Å². The van der Waals surface area contributed by atoms with Gasteiger partial charge in [-0.3, -0.25) is 9.59 Å². The monoisotopic (exact) mass is 353 g/mol. The highest BCUT2D eigenvalue weighted by Gasteiger charge is 2.36. The summed E-state index contributed by atoms with van der Waals surface area (Å²) in [5.74, 6) is -0.155. The van der Waals surface area contributed by atoms with Crippen LogP contribution in [-0.2, 0) is 11.2 Å². The fraction of sp³-hybridized carbons (Fsp3) is 0.200. The van der Waals surface area contributed by atoms with Gasteiger partial charge in [0, 0.05) is 0 Å². The first-order chi connectivity index (χ1) is 12.1. The van der Waals surface area contributed by atoms with Crippen molar-refractivity contribution in [1.82, 2.24) is 0 Å². The summed E-state index contributed by atoms with van der Waals surface area (Å²) < 4.78 is 0. The second kappa shape index (κ2) is 7.57. The topological polar surface area (TPSA) is 57.6 Å². The number of phenolic OH excluding ortho intramolecular Hbond substituents is 1. The first-order valence-corrected chi connectivity index (χ1v) is 9.06. The van der Waals surface area contributed by atoms with E-state index in [4.69, 9.17) is 0 Å². The highest BCUT2D eigenvalue weighted by molar-refractivity contribution is 8.19. The number of phenols is 1. The Hall–Kier alpha value is -2.53. The Balaban J connectivity index is 1.80. The molecule has 128 valence electrons. The van der Waals surface area contributed by atoms with Gasteiger partial charge in [0.25, 0.3) is 11.1 Å². The van der Waals surface area contributed by atoms with E-state index in [2.05, 4.69) is 6.92 Å². The van der Waals surface area contributed by atoms with Crippen molar-refractivity contribution in [2.24, 2.45) is 0 Å². The van der Waals surface area contributed by atoms with Crippen LogP contribution in [0.5, 0.6) is 5.75 Å². The molecular weight excluding hydrogens is 334 g/mol. The number of amides is 2. The van der Waals surface area contributed by atoms with Crippen LogP contribution in [0.25, 0.3) is 6.08 Å². The largest absolute Gasteiger partial charge is 0.508 e. The smallest absolute Gasteiger partial charge is 0.298 e. The molecule has 5 heteroatoms. The van der Waals surface area contributed by atoms with E-state index < -0.39 is 0 Å². The van der Waals surface area contributed by atoms with Crippen molar-refractivity contribution in [1.29, 1.82) is 0 Å². The van der Waals surface area contributed by atoms with Crippen molar-refractivity contribution >= 4 is 34.7 Å². The number of thioether (sulfide) groups is 1. The van der Waals surface area contributed by atoms with Gasteiger partial charge in [0.1, 0.15) is 5.75 Å². The van der Waals surface area contributed by atoms with Crippen molar-refractivity contribution in [3.63, 3.8) is 0 Å². The van der Waals surface area contributed by atoms with Crippen molar-refractivity contribution in [3.8, 4) is 5.75 Å². The lowest BCUT2D eigenvalue weighted by molar-refractivity contribution is -0.113. The molecule has 2 amide bonds. The maximum absolute atomic E-state index is 12.6. The summed E-state index contributed by atoms with van der Waals surface area (Å²) in [5.41, 5.74) is 2.56. The maximum atomic E-state index is 12.6. The third-order valence-corrected chi connectivity index (χ3v) is 4.87. The number of carbonyl (C=O) groups is 2. The van der Waals surface area contributed by atoms with E-state index in [1.54, 1.807) is 30.3 Å². The van der Waals surface area contributed by atoms with E-state index in [1.807, 2.05) is 24.3 Å². The van der Waals surface area contributed by atoms with Gasteiger partial charge in [-0.15, -0.1) is 0 Å². The number of anilines is 1. The predicted octanol–water partition coefficient (Wildman–Crippen LogP) is 4.98. The van der Waals surface area contributed by atoms with E-state index in [9.17, 15) is 14.7 Å². The number of imide groups is 1. The summed E-state index contributed by atoms with van der Waals surface area (Å²) >= 11 is 0.930. The average Bonchev–Trinajstić information content (AvgIpc) is 2.89. The predicted molar refractivity (Wildman–Crippen MR) is 102 cm³/mol. The number of nitrogens with zero attached hydrogens (tertiary/aromatic N) is 1. The standard InChI is InChI=1S/C20H19NO3S/c1-2-3-4-14-5-9-16(10-6-14)21-19(23)18(25-20(21)24)13-15-7-11-17(22)12-8-15/h5-13,22H,2-4H2,1H3/b18-13-. The molecule has 1 saturated heterocycles. The van der Waals surface area contributed by atoms with Gasteiger partial charge in [0.05, 0.1) is 10.6 Å². The Kier molecular flexibility index (Phi) is 5.24. The first-order valence-electron chi connectivity index (χ1n) is 8.24. The quantitative estimate of drug-likeness (QED) is 0.771. The van der Waals surface area contributed by atoms with Gasteiger partial charge in [0.2, 0.25) is 0 Å². The Morgan fingerprint density at radius 1 is 1.04 bits per heavy atom. The Labute approximate surface area is 151 Å². The Bertz CT molecular complexity index is 810. The number of rotatable bonds is 5. The van der Waals surface area contributed by atoms with Crippen LogP contribution >= 0.6 is 11.8 Å². The van der Waals surface area contributed by atoms with Gasteiger partial charge >= 0.3 is 0 Å².